The first-order valence-electron chi connectivity index (χ1n) is 10.9. The SMILES string of the molecule is NC(N)=[N+]1CCN(c2ccn3c(=O)c(C(=O)NC(CC(=O)O)c4ccccc4)ccc3c2)CC1. The average Bonchev–Trinajstić information content (AvgIpc) is 2.84. The quantitative estimate of drug-likeness (QED) is 0.305. The van der Waals surface area contributed by atoms with Gasteiger partial charge in [0, 0.05) is 25.0 Å². The normalized spacial score (nSPS) is 14.6. The fourth-order valence-corrected chi connectivity index (χ4v) is 4.13. The molecule has 1 unspecified atom stereocenters. The van der Waals surface area contributed by atoms with Gasteiger partial charge in [-0.2, -0.15) is 0 Å². The number of guanidine groups is 1. The molecule has 10 nitrogen and oxygen atoms in total. The van der Waals surface area contributed by atoms with E-state index in [-0.39, 0.29) is 12.0 Å². The van der Waals surface area contributed by atoms with E-state index in [9.17, 15) is 19.5 Å². The minimum atomic E-state index is -1.05. The maximum Gasteiger partial charge on any atom is 0.341 e. The van der Waals surface area contributed by atoms with Crippen LogP contribution in [-0.2, 0) is 4.79 Å². The third-order valence-electron chi connectivity index (χ3n) is 5.98. The van der Waals surface area contributed by atoms with E-state index in [0.29, 0.717) is 30.1 Å². The summed E-state index contributed by atoms with van der Waals surface area (Å²) in [4.78, 5) is 39.5. The van der Waals surface area contributed by atoms with Crippen molar-refractivity contribution in [2.75, 3.05) is 31.1 Å². The van der Waals surface area contributed by atoms with Crippen LogP contribution in [0.25, 0.3) is 5.52 Å². The third-order valence-corrected chi connectivity index (χ3v) is 5.98. The Morgan fingerprint density at radius 2 is 1.76 bits per heavy atom. The Morgan fingerprint density at radius 3 is 2.41 bits per heavy atom. The zero-order chi connectivity index (χ0) is 24.2. The van der Waals surface area contributed by atoms with Gasteiger partial charge in [0.05, 0.1) is 31.1 Å². The van der Waals surface area contributed by atoms with Gasteiger partial charge in [-0.25, -0.2) is 0 Å². The van der Waals surface area contributed by atoms with Crippen molar-refractivity contribution in [2.24, 2.45) is 11.5 Å². The molecule has 0 radical (unpaired) electrons. The molecule has 4 rings (SSSR count). The minimum Gasteiger partial charge on any atom is -0.481 e. The number of carboxylic acids is 1. The first-order valence-corrected chi connectivity index (χ1v) is 10.9. The van der Waals surface area contributed by atoms with E-state index in [4.69, 9.17) is 11.5 Å². The molecule has 2 aromatic heterocycles. The van der Waals surface area contributed by atoms with E-state index in [1.165, 1.54) is 10.5 Å². The number of carboxylic acid groups (broad SMARTS) is 1. The summed E-state index contributed by atoms with van der Waals surface area (Å²) >= 11 is 0. The standard InChI is InChI=1S/C24H26N6O4/c25-24(26)29-12-10-28(11-13-29)17-8-9-30-18(14-17)6-7-19(23(30)34)22(33)27-20(15-21(31)32)16-4-2-1-3-5-16/h1-9,14,20H,10-13,15H2,(H5,25,26,27,31,32,33)/p+1. The van der Waals surface area contributed by atoms with Crippen LogP contribution in [0.5, 0.6) is 0 Å². The van der Waals surface area contributed by atoms with Crippen molar-refractivity contribution in [2.45, 2.75) is 12.5 Å². The largest absolute Gasteiger partial charge is 0.481 e. The molecule has 34 heavy (non-hydrogen) atoms. The van der Waals surface area contributed by atoms with Crippen molar-refractivity contribution >= 4 is 29.0 Å². The number of hydrogen-bond acceptors (Lipinski definition) is 4. The van der Waals surface area contributed by atoms with Crippen molar-refractivity contribution in [3.8, 4) is 0 Å². The molecule has 1 amide bonds. The Bertz CT molecular complexity index is 1300. The molecule has 6 N–H and O–H groups in total. The maximum atomic E-state index is 13.1. The van der Waals surface area contributed by atoms with E-state index in [1.54, 1.807) is 42.6 Å². The minimum absolute atomic E-state index is 0.0563. The number of aliphatic carboxylic acids is 1. The molecule has 0 saturated carbocycles. The first kappa shape index (κ1) is 22.8. The Kier molecular flexibility index (Phi) is 6.48. The smallest absolute Gasteiger partial charge is 0.341 e. The summed E-state index contributed by atoms with van der Waals surface area (Å²) in [6.45, 7) is 2.89. The predicted octanol–water partition coefficient (Wildman–Crippen LogP) is 0.351. The average molecular weight is 464 g/mol. The second-order valence-electron chi connectivity index (χ2n) is 8.17. The fourth-order valence-electron chi connectivity index (χ4n) is 4.13. The Hall–Kier alpha value is -4.34. The number of pyridine rings is 2. The van der Waals surface area contributed by atoms with Gasteiger partial charge in [0.2, 0.25) is 0 Å². The zero-order valence-corrected chi connectivity index (χ0v) is 18.6. The molecule has 3 aromatic rings. The van der Waals surface area contributed by atoms with Crippen LogP contribution in [0.15, 0.2) is 65.6 Å². The van der Waals surface area contributed by atoms with Crippen molar-refractivity contribution in [3.05, 3.63) is 82.3 Å². The third kappa shape index (κ3) is 4.85. The summed E-state index contributed by atoms with van der Waals surface area (Å²) < 4.78 is 3.33. The molecule has 1 fully saturated rings. The van der Waals surface area contributed by atoms with Crippen molar-refractivity contribution in [1.82, 2.24) is 9.72 Å². The summed E-state index contributed by atoms with van der Waals surface area (Å²) in [5.41, 5.74) is 13.1. The predicted molar refractivity (Wildman–Crippen MR) is 128 cm³/mol. The summed E-state index contributed by atoms with van der Waals surface area (Å²) in [5, 5.41) is 12.0. The second-order valence-corrected chi connectivity index (χ2v) is 8.17. The van der Waals surface area contributed by atoms with Crippen molar-refractivity contribution in [3.63, 3.8) is 0 Å². The topological polar surface area (TPSA) is 146 Å². The molecule has 1 aliphatic heterocycles. The molecule has 10 heteroatoms. The number of fused-ring (bicyclic) bond motifs is 1. The lowest BCUT2D eigenvalue weighted by molar-refractivity contribution is -0.531. The lowest BCUT2D eigenvalue weighted by Crippen LogP contribution is -2.48. The number of benzene rings is 1. The van der Waals surface area contributed by atoms with Gasteiger partial charge in [-0.3, -0.25) is 34.8 Å². The van der Waals surface area contributed by atoms with E-state index < -0.39 is 23.5 Å². The number of carbonyl (C=O) groups excluding carboxylic acids is 1. The number of rotatable bonds is 6. The Balaban J connectivity index is 1.57. The number of nitrogens with zero attached hydrogens (tertiary/aromatic N) is 3. The maximum absolute atomic E-state index is 13.1. The molecule has 1 saturated heterocycles. The number of hydrogen-bond donors (Lipinski definition) is 4. The molecule has 1 aliphatic rings. The highest BCUT2D eigenvalue weighted by Crippen LogP contribution is 2.19. The van der Waals surface area contributed by atoms with E-state index >= 15 is 0 Å². The highest BCUT2D eigenvalue weighted by molar-refractivity contribution is 5.94. The highest BCUT2D eigenvalue weighted by atomic mass is 16.4. The molecular weight excluding hydrogens is 436 g/mol. The monoisotopic (exact) mass is 463 g/mol. The van der Waals surface area contributed by atoms with Gasteiger partial charge in [-0.15, -0.1) is 0 Å². The number of aromatic nitrogens is 1. The molecule has 0 bridgehead atoms. The van der Waals surface area contributed by atoms with Crippen LogP contribution in [0, 0.1) is 0 Å². The lowest BCUT2D eigenvalue weighted by Gasteiger charge is -2.30. The highest BCUT2D eigenvalue weighted by Gasteiger charge is 2.22. The van der Waals surface area contributed by atoms with Gasteiger partial charge in [-0.1, -0.05) is 30.3 Å². The van der Waals surface area contributed by atoms with Gasteiger partial charge < -0.3 is 15.3 Å². The summed E-state index contributed by atoms with van der Waals surface area (Å²) in [6.07, 6.45) is 1.35. The van der Waals surface area contributed by atoms with Crippen LogP contribution >= 0.6 is 0 Å². The number of anilines is 1. The number of nitrogens with one attached hydrogen (secondary N) is 1. The molecule has 1 aromatic carbocycles. The summed E-state index contributed by atoms with van der Waals surface area (Å²) in [7, 11) is 0. The number of nitrogens with two attached hydrogens (primary N) is 2. The van der Waals surface area contributed by atoms with Gasteiger partial charge in [0.1, 0.15) is 5.56 Å². The molecule has 1 atom stereocenters. The van der Waals surface area contributed by atoms with Crippen molar-refractivity contribution in [1.29, 1.82) is 0 Å². The van der Waals surface area contributed by atoms with E-state index in [2.05, 4.69) is 10.2 Å². The molecule has 3 heterocycles. The Labute approximate surface area is 195 Å². The number of piperazine rings is 1. The number of carbonyl (C=O) groups is 2. The number of amides is 1. The first-order chi connectivity index (χ1) is 16.3. The summed E-state index contributed by atoms with van der Waals surface area (Å²) in [5.74, 6) is -1.36. The van der Waals surface area contributed by atoms with E-state index in [0.717, 1.165) is 18.8 Å². The van der Waals surface area contributed by atoms with Crippen molar-refractivity contribution < 1.29 is 19.3 Å². The zero-order valence-electron chi connectivity index (χ0n) is 18.6. The molecule has 0 aliphatic carbocycles. The second kappa shape index (κ2) is 9.65. The van der Waals surface area contributed by atoms with Crippen LogP contribution in [0.4, 0.5) is 5.69 Å². The van der Waals surface area contributed by atoms with Crippen LogP contribution in [0.2, 0.25) is 0 Å². The molecule has 0 spiro atoms. The van der Waals surface area contributed by atoms with Crippen LogP contribution < -0.4 is 27.2 Å². The van der Waals surface area contributed by atoms with Crippen LogP contribution in [0.1, 0.15) is 28.4 Å². The van der Waals surface area contributed by atoms with E-state index in [1.807, 2.05) is 16.7 Å². The van der Waals surface area contributed by atoms with Gasteiger partial charge in [-0.05, 0) is 29.8 Å². The lowest BCUT2D eigenvalue weighted by atomic mass is 10.0. The molecule has 176 valence electrons. The van der Waals surface area contributed by atoms with Gasteiger partial charge in [0.25, 0.3) is 11.5 Å². The van der Waals surface area contributed by atoms with Crippen LogP contribution in [0.3, 0.4) is 0 Å². The summed E-state index contributed by atoms with van der Waals surface area (Å²) in [6, 6.07) is 15.0. The van der Waals surface area contributed by atoms with Gasteiger partial charge in [0.15, 0.2) is 0 Å². The molecular formula is C24H27N6O4+. The van der Waals surface area contributed by atoms with Crippen LogP contribution in [-0.4, -0.2) is 58.1 Å². The Morgan fingerprint density at radius 1 is 1.06 bits per heavy atom. The fraction of sp³-hybridized carbons (Fsp3) is 0.250. The van der Waals surface area contributed by atoms with Gasteiger partial charge >= 0.3 is 11.9 Å².